The van der Waals surface area contributed by atoms with Gasteiger partial charge in [-0.1, -0.05) is 49.8 Å². The summed E-state index contributed by atoms with van der Waals surface area (Å²) >= 11 is 6.67. The minimum atomic E-state index is -0.215. The molecule has 31 heavy (non-hydrogen) atoms. The van der Waals surface area contributed by atoms with Gasteiger partial charge in [0.25, 0.3) is 11.5 Å². The first-order valence-electron chi connectivity index (χ1n) is 10.7. The van der Waals surface area contributed by atoms with Crippen molar-refractivity contribution in [2.75, 3.05) is 25.0 Å². The van der Waals surface area contributed by atoms with Gasteiger partial charge in [-0.3, -0.25) is 18.9 Å². The maximum Gasteiger partial charge on any atom is 0.267 e. The molecule has 2 aromatic rings. The highest BCUT2D eigenvalue weighted by atomic mass is 32.2. The zero-order valence-corrected chi connectivity index (χ0v) is 19.1. The molecule has 0 saturated carbocycles. The fourth-order valence-corrected chi connectivity index (χ4v) is 4.99. The third-order valence-corrected chi connectivity index (χ3v) is 6.78. The Bertz CT molecular complexity index is 1080. The van der Waals surface area contributed by atoms with Gasteiger partial charge in [0, 0.05) is 19.3 Å². The number of thiocarbonyl (C=S) groups is 1. The summed E-state index contributed by atoms with van der Waals surface area (Å²) in [4.78, 5) is 32.9. The minimum absolute atomic E-state index is 0.0191. The van der Waals surface area contributed by atoms with E-state index in [0.29, 0.717) is 39.3 Å². The topological polar surface area (TPSA) is 75.9 Å². The predicted molar refractivity (Wildman–Crippen MR) is 128 cm³/mol. The van der Waals surface area contributed by atoms with E-state index >= 15 is 0 Å². The summed E-state index contributed by atoms with van der Waals surface area (Å²) in [5, 5.41) is 3.29. The lowest BCUT2D eigenvalue weighted by Gasteiger charge is -2.18. The SMILES string of the molecule is CCCCCNc1nc2ccccn2c(=O)c1/C=C1/SC(=S)N(CC2CCCO2)C1=O. The number of amides is 1. The molecule has 0 radical (unpaired) electrons. The Hall–Kier alpha value is -2.23. The van der Waals surface area contributed by atoms with E-state index in [0.717, 1.165) is 38.7 Å². The Balaban J connectivity index is 1.66. The van der Waals surface area contributed by atoms with E-state index in [4.69, 9.17) is 17.0 Å². The smallest absolute Gasteiger partial charge is 0.267 e. The molecule has 4 rings (SSSR count). The third kappa shape index (κ3) is 4.83. The number of carbonyl (C=O) groups excluding carboxylic acids is 1. The first-order chi connectivity index (χ1) is 15.1. The number of hydrogen-bond acceptors (Lipinski definition) is 7. The standard InChI is InChI=1S/C22H26N4O3S2/c1-2-3-5-10-23-19-16(20(27)25-11-6-4-9-18(25)24-19)13-17-21(28)26(22(30)31-17)14-15-8-7-12-29-15/h4,6,9,11,13,15,23H,2-3,5,7-8,10,12,14H2,1H3/b17-13+. The van der Waals surface area contributed by atoms with E-state index in [9.17, 15) is 9.59 Å². The van der Waals surface area contributed by atoms with Crippen molar-refractivity contribution >= 4 is 51.7 Å². The molecule has 1 N–H and O–H groups in total. The van der Waals surface area contributed by atoms with Crippen molar-refractivity contribution in [2.24, 2.45) is 0 Å². The largest absolute Gasteiger partial charge is 0.376 e. The van der Waals surface area contributed by atoms with Crippen LogP contribution < -0.4 is 10.9 Å². The number of hydrogen-bond donors (Lipinski definition) is 1. The van der Waals surface area contributed by atoms with Crippen molar-refractivity contribution in [1.82, 2.24) is 14.3 Å². The number of nitrogens with one attached hydrogen (secondary N) is 1. The van der Waals surface area contributed by atoms with Crippen LogP contribution in [-0.2, 0) is 9.53 Å². The summed E-state index contributed by atoms with van der Waals surface area (Å²) in [5.74, 6) is 0.316. The fraction of sp³-hybridized carbons (Fsp3) is 0.455. The van der Waals surface area contributed by atoms with Gasteiger partial charge in [-0.25, -0.2) is 4.98 Å². The summed E-state index contributed by atoms with van der Waals surface area (Å²) in [6.07, 6.45) is 8.45. The predicted octanol–water partition coefficient (Wildman–Crippen LogP) is 3.68. The molecule has 0 bridgehead atoms. The van der Waals surface area contributed by atoms with Crippen molar-refractivity contribution in [1.29, 1.82) is 0 Å². The zero-order chi connectivity index (χ0) is 21.8. The average Bonchev–Trinajstić information content (AvgIpc) is 3.38. The second-order valence-electron chi connectivity index (χ2n) is 7.67. The summed E-state index contributed by atoms with van der Waals surface area (Å²) < 4.78 is 7.65. The van der Waals surface area contributed by atoms with Gasteiger partial charge in [0.1, 0.15) is 15.8 Å². The molecule has 0 aliphatic carbocycles. The van der Waals surface area contributed by atoms with E-state index < -0.39 is 0 Å². The van der Waals surface area contributed by atoms with Gasteiger partial charge in [0.05, 0.1) is 23.1 Å². The Kier molecular flexibility index (Phi) is 7.04. The van der Waals surface area contributed by atoms with Crippen LogP contribution in [0.4, 0.5) is 5.82 Å². The molecule has 2 aromatic heterocycles. The van der Waals surface area contributed by atoms with Crippen LogP contribution in [0.1, 0.15) is 44.6 Å². The molecule has 0 spiro atoms. The van der Waals surface area contributed by atoms with E-state index in [2.05, 4.69) is 17.2 Å². The van der Waals surface area contributed by atoms with Crippen LogP contribution in [0.3, 0.4) is 0 Å². The van der Waals surface area contributed by atoms with E-state index in [-0.39, 0.29) is 17.6 Å². The average molecular weight is 459 g/mol. The summed E-state index contributed by atoms with van der Waals surface area (Å²) in [7, 11) is 0. The Morgan fingerprint density at radius 2 is 2.23 bits per heavy atom. The van der Waals surface area contributed by atoms with Gasteiger partial charge >= 0.3 is 0 Å². The lowest BCUT2D eigenvalue weighted by molar-refractivity contribution is -0.123. The van der Waals surface area contributed by atoms with Crippen LogP contribution in [-0.4, -0.2) is 50.3 Å². The molecule has 2 aliphatic rings. The van der Waals surface area contributed by atoms with Gasteiger partial charge in [0.2, 0.25) is 0 Å². The van der Waals surface area contributed by atoms with Crippen LogP contribution in [0, 0.1) is 0 Å². The minimum Gasteiger partial charge on any atom is -0.376 e. The second-order valence-corrected chi connectivity index (χ2v) is 9.35. The van der Waals surface area contributed by atoms with Crippen LogP contribution >= 0.6 is 24.0 Å². The number of aromatic nitrogens is 2. The van der Waals surface area contributed by atoms with E-state index in [1.807, 2.05) is 6.07 Å². The van der Waals surface area contributed by atoms with Gasteiger partial charge in [0.15, 0.2) is 0 Å². The number of unbranched alkanes of at least 4 members (excludes halogenated alkanes) is 2. The van der Waals surface area contributed by atoms with Crippen LogP contribution in [0.25, 0.3) is 11.7 Å². The highest BCUT2D eigenvalue weighted by molar-refractivity contribution is 8.26. The number of ether oxygens (including phenoxy) is 1. The number of fused-ring (bicyclic) bond motifs is 1. The first-order valence-corrected chi connectivity index (χ1v) is 11.9. The number of anilines is 1. The van der Waals surface area contributed by atoms with E-state index in [1.54, 1.807) is 29.3 Å². The molecule has 1 amide bonds. The Morgan fingerprint density at radius 3 is 3.00 bits per heavy atom. The Labute approximate surface area is 190 Å². The van der Waals surface area contributed by atoms with Gasteiger partial charge in [-0.15, -0.1) is 0 Å². The molecule has 1 atom stereocenters. The van der Waals surface area contributed by atoms with Gasteiger partial charge in [-0.05, 0) is 37.5 Å². The maximum absolute atomic E-state index is 13.2. The first kappa shape index (κ1) is 22.0. The van der Waals surface area contributed by atoms with Crippen molar-refractivity contribution in [2.45, 2.75) is 45.1 Å². The normalized spacial score (nSPS) is 20.4. The van der Waals surface area contributed by atoms with Crippen molar-refractivity contribution in [3.05, 3.63) is 45.2 Å². The molecule has 4 heterocycles. The summed E-state index contributed by atoms with van der Waals surface area (Å²) in [6, 6.07) is 5.43. The highest BCUT2D eigenvalue weighted by Gasteiger charge is 2.35. The fourth-order valence-electron chi connectivity index (χ4n) is 3.73. The van der Waals surface area contributed by atoms with Crippen molar-refractivity contribution < 1.29 is 9.53 Å². The quantitative estimate of drug-likeness (QED) is 0.367. The molecule has 2 fully saturated rings. The van der Waals surface area contributed by atoms with Crippen molar-refractivity contribution in [3.63, 3.8) is 0 Å². The van der Waals surface area contributed by atoms with Gasteiger partial charge < -0.3 is 10.1 Å². The number of rotatable bonds is 8. The number of pyridine rings is 1. The zero-order valence-electron chi connectivity index (χ0n) is 17.5. The number of carbonyl (C=O) groups is 1. The highest BCUT2D eigenvalue weighted by Crippen LogP contribution is 2.34. The number of thioether (sulfide) groups is 1. The van der Waals surface area contributed by atoms with Crippen LogP contribution in [0.5, 0.6) is 0 Å². The molecule has 1 unspecified atom stereocenters. The molecule has 2 saturated heterocycles. The third-order valence-electron chi connectivity index (χ3n) is 5.40. The van der Waals surface area contributed by atoms with Crippen LogP contribution in [0.15, 0.2) is 34.1 Å². The van der Waals surface area contributed by atoms with E-state index in [1.165, 1.54) is 16.2 Å². The molecular weight excluding hydrogens is 432 g/mol. The summed E-state index contributed by atoms with van der Waals surface area (Å²) in [5.41, 5.74) is 0.722. The molecule has 9 heteroatoms. The molecular formula is C22H26N4O3S2. The molecule has 164 valence electrons. The van der Waals surface area contributed by atoms with Gasteiger partial charge in [-0.2, -0.15) is 0 Å². The lowest BCUT2D eigenvalue weighted by atomic mass is 10.2. The molecule has 7 nitrogen and oxygen atoms in total. The second kappa shape index (κ2) is 9.93. The Morgan fingerprint density at radius 1 is 1.35 bits per heavy atom. The monoisotopic (exact) mass is 458 g/mol. The lowest BCUT2D eigenvalue weighted by Crippen LogP contribution is -2.35. The van der Waals surface area contributed by atoms with Crippen LogP contribution in [0.2, 0.25) is 0 Å². The van der Waals surface area contributed by atoms with Crippen molar-refractivity contribution in [3.8, 4) is 0 Å². The summed E-state index contributed by atoms with van der Waals surface area (Å²) in [6.45, 7) is 4.04. The number of nitrogens with zero attached hydrogens (tertiary/aromatic N) is 3. The molecule has 0 aromatic carbocycles. The molecule has 2 aliphatic heterocycles. The maximum atomic E-state index is 13.2.